The molecule has 7 heteroatoms. The number of ether oxygens (including phenoxy) is 1. The van der Waals surface area contributed by atoms with Crippen LogP contribution in [0.3, 0.4) is 0 Å². The maximum absolute atomic E-state index is 13.2. The largest absolute Gasteiger partial charge is 0.465 e. The Balaban J connectivity index is 1.99. The van der Waals surface area contributed by atoms with Crippen LogP contribution in [0.5, 0.6) is 0 Å². The summed E-state index contributed by atoms with van der Waals surface area (Å²) in [7, 11) is 0. The van der Waals surface area contributed by atoms with Crippen molar-refractivity contribution >= 4 is 29.1 Å². The molecule has 7 nitrogen and oxygen atoms in total. The fourth-order valence-corrected chi connectivity index (χ4v) is 3.16. The summed E-state index contributed by atoms with van der Waals surface area (Å²) in [5, 5.41) is 0. The molecular weight excluding hydrogens is 382 g/mol. The number of aliphatic imine (C=N–C) groups is 1. The van der Waals surface area contributed by atoms with Crippen molar-refractivity contribution in [3.63, 3.8) is 0 Å². The van der Waals surface area contributed by atoms with Crippen molar-refractivity contribution in [1.29, 1.82) is 0 Å². The Morgan fingerprint density at radius 3 is 2.50 bits per heavy atom. The number of hydrogen-bond donors (Lipinski definition) is 0. The molecule has 30 heavy (non-hydrogen) atoms. The van der Waals surface area contributed by atoms with Crippen molar-refractivity contribution in [3.8, 4) is 0 Å². The van der Waals surface area contributed by atoms with E-state index in [1.165, 1.54) is 11.8 Å². The minimum Gasteiger partial charge on any atom is -0.465 e. The first-order valence-electron chi connectivity index (χ1n) is 9.77. The van der Waals surface area contributed by atoms with E-state index in [0.717, 1.165) is 5.56 Å². The Bertz CT molecular complexity index is 999. The van der Waals surface area contributed by atoms with Crippen molar-refractivity contribution in [1.82, 2.24) is 4.98 Å². The summed E-state index contributed by atoms with van der Waals surface area (Å²) in [4.78, 5) is 47.9. The maximum Gasteiger partial charge on any atom is 0.302 e. The highest BCUT2D eigenvalue weighted by molar-refractivity contribution is 6.20. The quantitative estimate of drug-likeness (QED) is 0.687. The predicted octanol–water partition coefficient (Wildman–Crippen LogP) is 2.81. The molecule has 2 aromatic rings. The van der Waals surface area contributed by atoms with E-state index >= 15 is 0 Å². The summed E-state index contributed by atoms with van der Waals surface area (Å²) >= 11 is 0. The molecule has 1 aliphatic heterocycles. The van der Waals surface area contributed by atoms with Gasteiger partial charge in [0.05, 0.1) is 29.1 Å². The highest BCUT2D eigenvalue weighted by atomic mass is 16.5. The van der Waals surface area contributed by atoms with Crippen LogP contribution >= 0.6 is 0 Å². The van der Waals surface area contributed by atoms with Gasteiger partial charge >= 0.3 is 5.97 Å². The second-order valence-corrected chi connectivity index (χ2v) is 7.90. The van der Waals surface area contributed by atoms with Crippen LogP contribution in [0.1, 0.15) is 39.0 Å². The molecule has 2 heterocycles. The standard InChI is InChI=1S/C23H25N3O4/c1-15-22(29)26(13-20(28)23(3,4)14-30-16(2)27)19-11-6-5-9-17(19)21(25-15)18-10-7-8-12-24-18/h5-12,15H,13-14H2,1-4H3. The predicted molar refractivity (Wildman–Crippen MR) is 114 cm³/mol. The number of esters is 1. The first kappa shape index (κ1) is 21.4. The van der Waals surface area contributed by atoms with Gasteiger partial charge in [0.2, 0.25) is 0 Å². The van der Waals surface area contributed by atoms with Gasteiger partial charge < -0.3 is 9.64 Å². The SMILES string of the molecule is CC(=O)OCC(C)(C)C(=O)CN1C(=O)C(C)N=C(c2ccccn2)c2ccccc21. The van der Waals surface area contributed by atoms with E-state index in [-0.39, 0.29) is 24.8 Å². The van der Waals surface area contributed by atoms with Crippen molar-refractivity contribution in [2.75, 3.05) is 18.1 Å². The average Bonchev–Trinajstić information content (AvgIpc) is 2.83. The van der Waals surface area contributed by atoms with Crippen LogP contribution < -0.4 is 4.90 Å². The van der Waals surface area contributed by atoms with Crippen LogP contribution in [0.25, 0.3) is 0 Å². The molecule has 0 N–H and O–H groups in total. The smallest absolute Gasteiger partial charge is 0.302 e. The number of carbonyl (C=O) groups excluding carboxylic acids is 3. The summed E-state index contributed by atoms with van der Waals surface area (Å²) in [5.74, 6) is -0.931. The van der Waals surface area contributed by atoms with E-state index in [1.54, 1.807) is 33.0 Å². The number of Topliss-reactive ketones (excluding diaryl/α,β-unsaturated/α-hetero) is 1. The van der Waals surface area contributed by atoms with Crippen LogP contribution in [0.2, 0.25) is 0 Å². The average molecular weight is 407 g/mol. The van der Waals surface area contributed by atoms with Gasteiger partial charge in [-0.3, -0.25) is 24.4 Å². The number of rotatable bonds is 6. The zero-order valence-corrected chi connectivity index (χ0v) is 17.6. The van der Waals surface area contributed by atoms with Crippen LogP contribution in [0, 0.1) is 5.41 Å². The first-order chi connectivity index (χ1) is 14.2. The van der Waals surface area contributed by atoms with Crippen molar-refractivity contribution in [2.24, 2.45) is 10.4 Å². The van der Waals surface area contributed by atoms with Gasteiger partial charge in [-0.25, -0.2) is 0 Å². The van der Waals surface area contributed by atoms with Crippen molar-refractivity contribution in [2.45, 2.75) is 33.7 Å². The number of benzene rings is 1. The number of aromatic nitrogens is 1. The number of pyridine rings is 1. The van der Waals surface area contributed by atoms with Gasteiger partial charge in [-0.2, -0.15) is 0 Å². The third kappa shape index (κ3) is 4.45. The lowest BCUT2D eigenvalue weighted by atomic mass is 9.88. The molecule has 0 saturated carbocycles. The first-order valence-corrected chi connectivity index (χ1v) is 9.77. The molecule has 0 spiro atoms. The zero-order chi connectivity index (χ0) is 21.9. The summed E-state index contributed by atoms with van der Waals surface area (Å²) in [6.07, 6.45) is 1.68. The fraction of sp³-hybridized carbons (Fsp3) is 0.348. The minimum absolute atomic E-state index is 0.0456. The molecule has 0 aliphatic carbocycles. The highest BCUT2D eigenvalue weighted by Crippen LogP contribution is 2.29. The van der Waals surface area contributed by atoms with Gasteiger partial charge in [-0.15, -0.1) is 0 Å². The third-order valence-electron chi connectivity index (χ3n) is 5.00. The fourth-order valence-electron chi connectivity index (χ4n) is 3.16. The zero-order valence-electron chi connectivity index (χ0n) is 17.6. The topological polar surface area (TPSA) is 88.9 Å². The Morgan fingerprint density at radius 2 is 1.83 bits per heavy atom. The van der Waals surface area contributed by atoms with E-state index in [2.05, 4.69) is 9.98 Å². The lowest BCUT2D eigenvalue weighted by molar-refractivity contribution is -0.146. The van der Waals surface area contributed by atoms with Crippen LogP contribution in [0.15, 0.2) is 53.7 Å². The number of hydrogen-bond acceptors (Lipinski definition) is 6. The molecular formula is C23H25N3O4. The lowest BCUT2D eigenvalue weighted by Crippen LogP contribution is -2.45. The highest BCUT2D eigenvalue weighted by Gasteiger charge is 2.35. The van der Waals surface area contributed by atoms with Gasteiger partial charge in [0.1, 0.15) is 12.6 Å². The molecule has 1 aromatic heterocycles. The van der Waals surface area contributed by atoms with Gasteiger partial charge in [0.25, 0.3) is 5.91 Å². The van der Waals surface area contributed by atoms with Crippen LogP contribution in [-0.2, 0) is 19.1 Å². The molecule has 3 rings (SSSR count). The molecule has 1 aliphatic rings. The van der Waals surface area contributed by atoms with Crippen LogP contribution in [0.4, 0.5) is 5.69 Å². The summed E-state index contributed by atoms with van der Waals surface area (Å²) in [5.41, 5.74) is 1.68. The molecule has 1 atom stereocenters. The van der Waals surface area contributed by atoms with E-state index < -0.39 is 17.4 Å². The van der Waals surface area contributed by atoms with E-state index in [1.807, 2.05) is 36.4 Å². The number of amides is 1. The maximum atomic E-state index is 13.2. The van der Waals surface area contributed by atoms with Gasteiger partial charge in [-0.05, 0) is 39.0 Å². The second kappa shape index (κ2) is 8.57. The summed E-state index contributed by atoms with van der Waals surface area (Å²) < 4.78 is 5.04. The van der Waals surface area contributed by atoms with E-state index in [4.69, 9.17) is 4.74 Å². The monoisotopic (exact) mass is 407 g/mol. The van der Waals surface area contributed by atoms with Crippen molar-refractivity contribution < 1.29 is 19.1 Å². The third-order valence-corrected chi connectivity index (χ3v) is 5.00. The van der Waals surface area contributed by atoms with E-state index in [0.29, 0.717) is 17.1 Å². The number of anilines is 1. The van der Waals surface area contributed by atoms with Gasteiger partial charge in [0, 0.05) is 18.7 Å². The van der Waals surface area contributed by atoms with E-state index in [9.17, 15) is 14.4 Å². The summed E-state index contributed by atoms with van der Waals surface area (Å²) in [6, 6.07) is 12.2. The number of ketones is 1. The Kier molecular flexibility index (Phi) is 6.10. The Labute approximate surface area is 175 Å². The number of nitrogens with zero attached hydrogens (tertiary/aromatic N) is 3. The molecule has 1 aromatic carbocycles. The van der Waals surface area contributed by atoms with Crippen LogP contribution in [-0.4, -0.2) is 47.5 Å². The lowest BCUT2D eigenvalue weighted by Gasteiger charge is -2.28. The summed E-state index contributed by atoms with van der Waals surface area (Å²) in [6.45, 7) is 6.22. The number of fused-ring (bicyclic) bond motifs is 1. The van der Waals surface area contributed by atoms with Gasteiger partial charge in [-0.1, -0.05) is 24.3 Å². The molecule has 0 fully saturated rings. The molecule has 0 saturated heterocycles. The molecule has 1 amide bonds. The van der Waals surface area contributed by atoms with Gasteiger partial charge in [0.15, 0.2) is 5.78 Å². The molecule has 0 bridgehead atoms. The number of benzodiazepines with no additional fused rings is 1. The molecule has 156 valence electrons. The second-order valence-electron chi connectivity index (χ2n) is 7.90. The Hall–Kier alpha value is -3.35. The minimum atomic E-state index is -0.929. The number of carbonyl (C=O) groups is 3. The Morgan fingerprint density at radius 1 is 1.13 bits per heavy atom. The molecule has 1 unspecified atom stereocenters. The normalized spacial score (nSPS) is 16.4. The van der Waals surface area contributed by atoms with Crippen molar-refractivity contribution in [3.05, 3.63) is 59.9 Å². The number of para-hydroxylation sites is 1. The molecule has 0 radical (unpaired) electrons.